The Morgan fingerprint density at radius 3 is 2.76 bits per heavy atom. The monoisotopic (exact) mass is 311 g/mol. The molecule has 0 radical (unpaired) electrons. The maximum atomic E-state index is 13.3. The van der Waals surface area contributed by atoms with E-state index in [9.17, 15) is 12.8 Å². The van der Waals surface area contributed by atoms with Crippen LogP contribution in [-0.2, 0) is 9.84 Å². The molecular weight excluding hydrogens is 293 g/mol. The van der Waals surface area contributed by atoms with Gasteiger partial charge in [0, 0.05) is 17.5 Å². The molecule has 0 saturated heterocycles. The van der Waals surface area contributed by atoms with Crippen LogP contribution in [0.15, 0.2) is 24.3 Å². The molecule has 2 rings (SSSR count). The molecule has 1 heterocycles. The summed E-state index contributed by atoms with van der Waals surface area (Å²) in [4.78, 5) is 7.42. The minimum atomic E-state index is -3.06. The fourth-order valence-corrected chi connectivity index (χ4v) is 2.74. The lowest BCUT2D eigenvalue weighted by molar-refractivity contribution is 0.587. The van der Waals surface area contributed by atoms with E-state index in [1.165, 1.54) is 18.4 Å². The normalized spacial score (nSPS) is 13.3. The number of hydrogen-bond donors (Lipinski definition) is 2. The van der Waals surface area contributed by atoms with E-state index in [-0.39, 0.29) is 18.0 Å². The highest BCUT2D eigenvalue weighted by Crippen LogP contribution is 2.24. The number of nitrogens with two attached hydrogens (primary N) is 1. The molecule has 1 atom stereocenters. The number of aromatic nitrogens is 2. The van der Waals surface area contributed by atoms with Gasteiger partial charge in [-0.25, -0.2) is 17.8 Å². The molecule has 0 bridgehead atoms. The molecule has 0 aliphatic rings. The number of sulfone groups is 1. The number of imidazole rings is 1. The molecule has 5 nitrogen and oxygen atoms in total. The van der Waals surface area contributed by atoms with Crippen molar-refractivity contribution < 1.29 is 12.8 Å². The highest BCUT2D eigenvalue weighted by atomic mass is 32.2. The van der Waals surface area contributed by atoms with Gasteiger partial charge < -0.3 is 10.7 Å². The van der Waals surface area contributed by atoms with Crippen LogP contribution in [-0.4, -0.2) is 30.4 Å². The molecule has 2 aromatic rings. The van der Waals surface area contributed by atoms with Crippen molar-refractivity contribution in [1.82, 2.24) is 9.97 Å². The molecule has 0 amide bonds. The molecule has 0 spiro atoms. The lowest BCUT2D eigenvalue weighted by Crippen LogP contribution is -2.17. The number of rotatable bonds is 5. The fraction of sp³-hybridized carbons (Fsp3) is 0.357. The van der Waals surface area contributed by atoms with E-state index in [1.807, 2.05) is 6.92 Å². The van der Waals surface area contributed by atoms with Crippen molar-refractivity contribution in [3.05, 3.63) is 41.6 Å². The van der Waals surface area contributed by atoms with Gasteiger partial charge in [0.1, 0.15) is 21.5 Å². The second-order valence-corrected chi connectivity index (χ2v) is 7.39. The van der Waals surface area contributed by atoms with Crippen LogP contribution in [0.2, 0.25) is 0 Å². The average Bonchev–Trinajstić information content (AvgIpc) is 2.77. The van der Waals surface area contributed by atoms with Crippen molar-refractivity contribution in [1.29, 1.82) is 0 Å². The molecule has 1 aromatic carbocycles. The average molecular weight is 311 g/mol. The summed E-state index contributed by atoms with van der Waals surface area (Å²) in [5, 5.41) is 0. The van der Waals surface area contributed by atoms with E-state index in [0.717, 1.165) is 5.69 Å². The zero-order valence-electron chi connectivity index (χ0n) is 11.9. The van der Waals surface area contributed by atoms with Gasteiger partial charge >= 0.3 is 0 Å². The second-order valence-electron chi connectivity index (χ2n) is 5.13. The number of H-pyrrole nitrogens is 1. The van der Waals surface area contributed by atoms with Gasteiger partial charge in [0.15, 0.2) is 0 Å². The smallest absolute Gasteiger partial charge is 0.147 e. The Hall–Kier alpha value is -1.73. The van der Waals surface area contributed by atoms with E-state index in [4.69, 9.17) is 5.73 Å². The Balaban J connectivity index is 2.23. The molecule has 7 heteroatoms. The first-order chi connectivity index (χ1) is 9.76. The molecule has 1 unspecified atom stereocenters. The first kappa shape index (κ1) is 15.7. The van der Waals surface area contributed by atoms with Crippen LogP contribution in [0, 0.1) is 12.7 Å². The summed E-state index contributed by atoms with van der Waals surface area (Å²) in [5.41, 5.74) is 8.01. The molecule has 1 aromatic heterocycles. The number of benzene rings is 1. The molecule has 0 aliphatic heterocycles. The Morgan fingerprint density at radius 1 is 1.43 bits per heavy atom. The third kappa shape index (κ3) is 4.12. The molecule has 0 aliphatic carbocycles. The predicted octanol–water partition coefficient (Wildman–Crippen LogP) is 1.96. The topological polar surface area (TPSA) is 88.8 Å². The van der Waals surface area contributed by atoms with Gasteiger partial charge in [-0.2, -0.15) is 0 Å². The summed E-state index contributed by atoms with van der Waals surface area (Å²) in [6.45, 7) is 1.82. The van der Waals surface area contributed by atoms with E-state index in [2.05, 4.69) is 9.97 Å². The Kier molecular flexibility index (Phi) is 4.43. The van der Waals surface area contributed by atoms with E-state index in [0.29, 0.717) is 17.1 Å². The van der Waals surface area contributed by atoms with Crippen molar-refractivity contribution in [2.24, 2.45) is 5.73 Å². The first-order valence-corrected chi connectivity index (χ1v) is 8.58. The maximum absolute atomic E-state index is 13.3. The van der Waals surface area contributed by atoms with Gasteiger partial charge in [0.2, 0.25) is 0 Å². The number of aryl methyl sites for hydroxylation is 1. The van der Waals surface area contributed by atoms with Crippen LogP contribution in [0.3, 0.4) is 0 Å². The number of hydrogen-bond acceptors (Lipinski definition) is 4. The van der Waals surface area contributed by atoms with Crippen LogP contribution in [0.1, 0.15) is 24.0 Å². The van der Waals surface area contributed by atoms with Crippen LogP contribution in [0.4, 0.5) is 4.39 Å². The van der Waals surface area contributed by atoms with Crippen LogP contribution < -0.4 is 5.73 Å². The zero-order valence-corrected chi connectivity index (χ0v) is 12.7. The molecule has 0 fully saturated rings. The Labute approximate surface area is 123 Å². The Morgan fingerprint density at radius 2 is 2.14 bits per heavy atom. The lowest BCUT2D eigenvalue weighted by Gasteiger charge is -2.07. The van der Waals surface area contributed by atoms with Gasteiger partial charge in [-0.3, -0.25) is 0 Å². The van der Waals surface area contributed by atoms with Gasteiger partial charge in [0.05, 0.1) is 17.5 Å². The van der Waals surface area contributed by atoms with Crippen molar-refractivity contribution in [2.45, 2.75) is 19.4 Å². The number of aromatic amines is 1. The quantitative estimate of drug-likeness (QED) is 0.883. The van der Waals surface area contributed by atoms with Crippen molar-refractivity contribution in [3.8, 4) is 11.3 Å². The second kappa shape index (κ2) is 5.95. The van der Waals surface area contributed by atoms with Crippen LogP contribution >= 0.6 is 0 Å². The molecule has 3 N–H and O–H groups in total. The largest absolute Gasteiger partial charge is 0.344 e. The number of halogens is 1. The first-order valence-electron chi connectivity index (χ1n) is 6.52. The van der Waals surface area contributed by atoms with Crippen molar-refractivity contribution >= 4 is 9.84 Å². The van der Waals surface area contributed by atoms with Gasteiger partial charge in [-0.05, 0) is 25.5 Å². The van der Waals surface area contributed by atoms with Gasteiger partial charge in [-0.1, -0.05) is 12.1 Å². The molecule has 21 heavy (non-hydrogen) atoms. The molecule has 0 saturated carbocycles. The Bertz CT molecular complexity index is 740. The maximum Gasteiger partial charge on any atom is 0.147 e. The molecular formula is C14H18FN3O2S. The number of nitrogens with one attached hydrogen (secondary N) is 1. The van der Waals surface area contributed by atoms with E-state index >= 15 is 0 Å². The summed E-state index contributed by atoms with van der Waals surface area (Å²) >= 11 is 0. The van der Waals surface area contributed by atoms with Crippen molar-refractivity contribution in [2.75, 3.05) is 12.0 Å². The van der Waals surface area contributed by atoms with Gasteiger partial charge in [0.25, 0.3) is 0 Å². The summed E-state index contributed by atoms with van der Waals surface area (Å²) in [6, 6.07) is 5.64. The minimum Gasteiger partial charge on any atom is -0.344 e. The third-order valence-corrected chi connectivity index (χ3v) is 4.13. The predicted molar refractivity (Wildman–Crippen MR) is 80.0 cm³/mol. The number of nitrogens with zero attached hydrogens (tertiary/aromatic N) is 1. The van der Waals surface area contributed by atoms with E-state index < -0.39 is 15.9 Å². The summed E-state index contributed by atoms with van der Waals surface area (Å²) in [7, 11) is -3.06. The van der Waals surface area contributed by atoms with Crippen LogP contribution in [0.25, 0.3) is 11.3 Å². The van der Waals surface area contributed by atoms with Crippen molar-refractivity contribution in [3.63, 3.8) is 0 Å². The standard InChI is InChI=1S/C14H18FN3O2S/c1-9-13(10-4-3-5-11(15)8-10)18-14(17-9)12(16)6-7-21(2,19)20/h3-5,8,12H,6-7,16H2,1-2H3,(H,17,18). The zero-order chi connectivity index (χ0) is 15.6. The lowest BCUT2D eigenvalue weighted by atomic mass is 10.1. The SMILES string of the molecule is Cc1[nH]c(C(N)CCS(C)(=O)=O)nc1-c1cccc(F)c1. The summed E-state index contributed by atoms with van der Waals surface area (Å²) < 4.78 is 35.6. The summed E-state index contributed by atoms with van der Waals surface area (Å²) in [6.07, 6.45) is 1.46. The van der Waals surface area contributed by atoms with Gasteiger partial charge in [-0.15, -0.1) is 0 Å². The highest BCUT2D eigenvalue weighted by Gasteiger charge is 2.16. The summed E-state index contributed by atoms with van der Waals surface area (Å²) in [5.74, 6) is 0.177. The molecule has 114 valence electrons. The van der Waals surface area contributed by atoms with Crippen LogP contribution in [0.5, 0.6) is 0 Å². The van der Waals surface area contributed by atoms with E-state index in [1.54, 1.807) is 12.1 Å². The fourth-order valence-electron chi connectivity index (χ4n) is 2.05. The highest BCUT2D eigenvalue weighted by molar-refractivity contribution is 7.90. The third-order valence-electron chi connectivity index (χ3n) is 3.15. The minimum absolute atomic E-state index is 0.00319.